The highest BCUT2D eigenvalue weighted by Crippen LogP contribution is 2.32. The number of hydrogen-bond donors (Lipinski definition) is 1. The third-order valence-corrected chi connectivity index (χ3v) is 3.25. The lowest BCUT2D eigenvalue weighted by Gasteiger charge is -2.07. The fraction of sp³-hybridized carbons (Fsp3) is 0.250. The van der Waals surface area contributed by atoms with Crippen molar-refractivity contribution in [3.63, 3.8) is 0 Å². The number of hydrogen-bond acceptors (Lipinski definition) is 5. The number of aromatic nitrogens is 1. The monoisotopic (exact) mass is 250 g/mol. The molecule has 0 atom stereocenters. The molecule has 2 rings (SSSR count). The Morgan fingerprint density at radius 1 is 1.47 bits per heavy atom. The molecule has 0 aliphatic rings. The van der Waals surface area contributed by atoms with Crippen LogP contribution in [0.2, 0.25) is 0 Å². The Bertz CT molecular complexity index is 511. The second kappa shape index (κ2) is 5.25. The molecule has 1 heterocycles. The van der Waals surface area contributed by atoms with Gasteiger partial charge in [0, 0.05) is 11.4 Å². The summed E-state index contributed by atoms with van der Waals surface area (Å²) in [5.74, 6) is 0.799. The van der Waals surface area contributed by atoms with Crippen LogP contribution in [-0.2, 0) is 6.54 Å². The fourth-order valence-corrected chi connectivity index (χ4v) is 2.33. The van der Waals surface area contributed by atoms with Crippen LogP contribution in [0.25, 0.3) is 0 Å². The van der Waals surface area contributed by atoms with Gasteiger partial charge in [-0.1, -0.05) is 6.07 Å². The van der Waals surface area contributed by atoms with Gasteiger partial charge in [-0.2, -0.15) is 0 Å². The molecule has 5 heteroatoms. The van der Waals surface area contributed by atoms with Crippen molar-refractivity contribution in [2.45, 2.75) is 23.6 Å². The van der Waals surface area contributed by atoms with E-state index in [0.29, 0.717) is 11.8 Å². The molecule has 0 amide bonds. The summed E-state index contributed by atoms with van der Waals surface area (Å²) in [5.41, 5.74) is 7.61. The van der Waals surface area contributed by atoms with E-state index in [1.165, 1.54) is 11.8 Å². The first-order chi connectivity index (χ1) is 8.22. The maximum Gasteiger partial charge on any atom is 0.260 e. The van der Waals surface area contributed by atoms with Crippen molar-refractivity contribution in [1.29, 1.82) is 0 Å². The summed E-state index contributed by atoms with van der Waals surface area (Å²) in [5, 5.41) is 0.616. The Kier molecular flexibility index (Phi) is 3.71. The number of benzene rings is 1. The van der Waals surface area contributed by atoms with E-state index in [4.69, 9.17) is 14.9 Å². The van der Waals surface area contributed by atoms with Crippen molar-refractivity contribution >= 4 is 11.8 Å². The lowest BCUT2D eigenvalue weighted by Crippen LogP contribution is -1.98. The van der Waals surface area contributed by atoms with Crippen LogP contribution in [0.1, 0.15) is 11.3 Å². The summed E-state index contributed by atoms with van der Waals surface area (Å²) in [6, 6.07) is 5.79. The van der Waals surface area contributed by atoms with Crippen molar-refractivity contribution in [3.8, 4) is 5.75 Å². The number of oxazole rings is 1. The topological polar surface area (TPSA) is 61.3 Å². The van der Waals surface area contributed by atoms with E-state index in [-0.39, 0.29) is 0 Å². The number of ether oxygens (including phenoxy) is 1. The van der Waals surface area contributed by atoms with Crippen LogP contribution in [0.4, 0.5) is 0 Å². The maximum atomic E-state index is 5.70. The predicted octanol–water partition coefficient (Wildman–Crippen LogP) is 2.60. The van der Waals surface area contributed by atoms with Gasteiger partial charge in [-0.3, -0.25) is 0 Å². The molecule has 0 saturated heterocycles. The first kappa shape index (κ1) is 12.0. The first-order valence-corrected chi connectivity index (χ1v) is 6.01. The van der Waals surface area contributed by atoms with Gasteiger partial charge in [-0.25, -0.2) is 4.98 Å². The predicted molar refractivity (Wildman–Crippen MR) is 66.2 cm³/mol. The molecule has 0 spiro atoms. The molecule has 17 heavy (non-hydrogen) atoms. The minimum Gasteiger partial charge on any atom is -0.497 e. The molecule has 0 fully saturated rings. The summed E-state index contributed by atoms with van der Waals surface area (Å²) >= 11 is 1.45. The molecule has 0 bridgehead atoms. The Labute approximate surface area is 104 Å². The van der Waals surface area contributed by atoms with Gasteiger partial charge in [0.2, 0.25) is 0 Å². The molecule has 0 aliphatic carbocycles. The minimum atomic E-state index is 0.478. The average Bonchev–Trinajstić information content (AvgIpc) is 2.74. The molecule has 0 saturated carbocycles. The van der Waals surface area contributed by atoms with E-state index < -0.39 is 0 Å². The summed E-state index contributed by atoms with van der Waals surface area (Å²) < 4.78 is 10.5. The van der Waals surface area contributed by atoms with Crippen molar-refractivity contribution in [3.05, 3.63) is 35.7 Å². The molecular formula is C12H14N2O2S. The smallest absolute Gasteiger partial charge is 0.260 e. The summed E-state index contributed by atoms with van der Waals surface area (Å²) in [6.45, 7) is 2.37. The zero-order valence-corrected chi connectivity index (χ0v) is 10.6. The SMILES string of the molecule is COc1ccc(CN)c(Sc2nc(C)co2)c1. The highest BCUT2D eigenvalue weighted by molar-refractivity contribution is 7.99. The highest BCUT2D eigenvalue weighted by atomic mass is 32.2. The van der Waals surface area contributed by atoms with Crippen molar-refractivity contribution in [2.24, 2.45) is 5.73 Å². The number of rotatable bonds is 4. The van der Waals surface area contributed by atoms with Gasteiger partial charge in [0.15, 0.2) is 0 Å². The quantitative estimate of drug-likeness (QED) is 0.903. The number of aryl methyl sites for hydroxylation is 1. The highest BCUT2D eigenvalue weighted by Gasteiger charge is 2.09. The van der Waals surface area contributed by atoms with Gasteiger partial charge in [0.1, 0.15) is 12.0 Å². The van der Waals surface area contributed by atoms with E-state index >= 15 is 0 Å². The Hall–Kier alpha value is -1.46. The standard InChI is InChI=1S/C12H14N2O2S/c1-8-7-16-12(14-8)17-11-5-10(15-2)4-3-9(11)6-13/h3-5,7H,6,13H2,1-2H3. The second-order valence-corrected chi connectivity index (χ2v) is 4.53. The lowest BCUT2D eigenvalue weighted by atomic mass is 10.2. The normalized spacial score (nSPS) is 10.5. The molecule has 0 aliphatic heterocycles. The average molecular weight is 250 g/mol. The second-order valence-electron chi connectivity index (χ2n) is 3.53. The van der Waals surface area contributed by atoms with E-state index in [2.05, 4.69) is 4.98 Å². The zero-order valence-electron chi connectivity index (χ0n) is 9.77. The first-order valence-electron chi connectivity index (χ1n) is 5.20. The Morgan fingerprint density at radius 2 is 2.29 bits per heavy atom. The molecule has 1 aromatic heterocycles. The van der Waals surface area contributed by atoms with Gasteiger partial charge in [-0.05, 0) is 36.4 Å². The molecule has 4 nitrogen and oxygen atoms in total. The van der Waals surface area contributed by atoms with Gasteiger partial charge in [-0.15, -0.1) is 0 Å². The number of methoxy groups -OCH3 is 1. The fourth-order valence-electron chi connectivity index (χ4n) is 1.40. The summed E-state index contributed by atoms with van der Waals surface area (Å²) in [7, 11) is 1.64. The van der Waals surface area contributed by atoms with E-state index in [1.807, 2.05) is 25.1 Å². The van der Waals surface area contributed by atoms with Gasteiger partial charge in [0.25, 0.3) is 5.22 Å². The molecule has 0 radical (unpaired) electrons. The van der Waals surface area contributed by atoms with E-state index in [9.17, 15) is 0 Å². The summed E-state index contributed by atoms with van der Waals surface area (Å²) in [6.07, 6.45) is 1.63. The van der Waals surface area contributed by atoms with Gasteiger partial charge in [0.05, 0.1) is 12.8 Å². The van der Waals surface area contributed by atoms with Crippen LogP contribution < -0.4 is 10.5 Å². The zero-order chi connectivity index (χ0) is 12.3. The van der Waals surface area contributed by atoms with Crippen molar-refractivity contribution < 1.29 is 9.15 Å². The van der Waals surface area contributed by atoms with Crippen molar-refractivity contribution in [2.75, 3.05) is 7.11 Å². The maximum absolute atomic E-state index is 5.70. The van der Waals surface area contributed by atoms with E-state index in [0.717, 1.165) is 21.9 Å². The lowest BCUT2D eigenvalue weighted by molar-refractivity contribution is 0.413. The Balaban J connectivity index is 2.29. The summed E-state index contributed by atoms with van der Waals surface area (Å²) in [4.78, 5) is 5.26. The molecule has 2 aromatic rings. The van der Waals surface area contributed by atoms with Crippen LogP contribution >= 0.6 is 11.8 Å². The van der Waals surface area contributed by atoms with Crippen LogP contribution in [0.3, 0.4) is 0 Å². The molecule has 2 N–H and O–H groups in total. The largest absolute Gasteiger partial charge is 0.497 e. The Morgan fingerprint density at radius 3 is 2.88 bits per heavy atom. The third-order valence-electron chi connectivity index (χ3n) is 2.29. The molecule has 90 valence electrons. The minimum absolute atomic E-state index is 0.478. The number of nitrogens with two attached hydrogens (primary N) is 1. The van der Waals surface area contributed by atoms with Gasteiger partial charge >= 0.3 is 0 Å². The van der Waals surface area contributed by atoms with Crippen LogP contribution in [0.5, 0.6) is 5.75 Å². The van der Waals surface area contributed by atoms with Crippen LogP contribution in [0.15, 0.2) is 39.0 Å². The number of nitrogens with zero attached hydrogens (tertiary/aromatic N) is 1. The van der Waals surface area contributed by atoms with Crippen LogP contribution in [0, 0.1) is 6.92 Å². The van der Waals surface area contributed by atoms with E-state index in [1.54, 1.807) is 13.4 Å². The third kappa shape index (κ3) is 2.81. The molecule has 1 aromatic carbocycles. The molecular weight excluding hydrogens is 236 g/mol. The van der Waals surface area contributed by atoms with Gasteiger partial charge < -0.3 is 14.9 Å². The van der Waals surface area contributed by atoms with Crippen LogP contribution in [-0.4, -0.2) is 12.1 Å². The molecule has 0 unspecified atom stereocenters. The van der Waals surface area contributed by atoms with Crippen molar-refractivity contribution in [1.82, 2.24) is 4.98 Å².